The number of benzene rings is 1. The SMILES string of the molecule is CS(=O)(=O)C(N)c1ccc(CC(=O)NCc2ccc(C(F)(F)F)nc2N2CCCC2)cc1F. The first kappa shape index (κ1) is 24.9. The molecule has 1 unspecified atom stereocenters. The minimum atomic E-state index is -4.58. The quantitative estimate of drug-likeness (QED) is 0.581. The van der Waals surface area contributed by atoms with E-state index < -0.39 is 38.8 Å². The van der Waals surface area contributed by atoms with Crippen molar-refractivity contribution in [3.8, 4) is 0 Å². The van der Waals surface area contributed by atoms with Crippen LogP contribution in [-0.4, -0.2) is 38.7 Å². The molecule has 1 atom stereocenters. The lowest BCUT2D eigenvalue weighted by molar-refractivity contribution is -0.141. The summed E-state index contributed by atoms with van der Waals surface area (Å²) in [7, 11) is -3.70. The normalized spacial score (nSPS) is 15.5. The minimum Gasteiger partial charge on any atom is -0.356 e. The number of carbonyl (C=O) groups is 1. The second kappa shape index (κ2) is 9.64. The summed E-state index contributed by atoms with van der Waals surface area (Å²) < 4.78 is 76.7. The van der Waals surface area contributed by atoms with Crippen LogP contribution in [0.3, 0.4) is 0 Å². The van der Waals surface area contributed by atoms with Gasteiger partial charge in [0.15, 0.2) is 9.84 Å². The van der Waals surface area contributed by atoms with E-state index in [0.717, 1.165) is 31.2 Å². The van der Waals surface area contributed by atoms with Crippen molar-refractivity contribution in [2.45, 2.75) is 37.4 Å². The Bertz CT molecular complexity index is 1130. The third-order valence-corrected chi connectivity index (χ3v) is 6.50. The first-order chi connectivity index (χ1) is 15.4. The molecule has 180 valence electrons. The number of nitrogens with one attached hydrogen (secondary N) is 1. The molecule has 1 amide bonds. The number of nitrogens with two attached hydrogens (primary N) is 1. The van der Waals surface area contributed by atoms with Crippen molar-refractivity contribution in [1.82, 2.24) is 10.3 Å². The Balaban J connectivity index is 1.70. The second-order valence-corrected chi connectivity index (χ2v) is 10.1. The first-order valence-corrected chi connectivity index (χ1v) is 12.1. The third kappa shape index (κ3) is 6.20. The maximum atomic E-state index is 14.3. The summed E-state index contributed by atoms with van der Waals surface area (Å²) in [6.45, 7) is 1.11. The van der Waals surface area contributed by atoms with Crippen LogP contribution < -0.4 is 16.0 Å². The topological polar surface area (TPSA) is 105 Å². The fraction of sp³-hybridized carbons (Fsp3) is 0.429. The van der Waals surface area contributed by atoms with E-state index in [2.05, 4.69) is 10.3 Å². The third-order valence-electron chi connectivity index (χ3n) is 5.33. The lowest BCUT2D eigenvalue weighted by Gasteiger charge is -2.21. The molecular weight excluding hydrogens is 464 g/mol. The number of hydrogen-bond acceptors (Lipinski definition) is 6. The van der Waals surface area contributed by atoms with E-state index in [9.17, 15) is 30.8 Å². The van der Waals surface area contributed by atoms with Crippen molar-refractivity contribution < 1.29 is 30.8 Å². The largest absolute Gasteiger partial charge is 0.433 e. The zero-order chi connectivity index (χ0) is 24.4. The zero-order valence-electron chi connectivity index (χ0n) is 17.8. The highest BCUT2D eigenvalue weighted by atomic mass is 32.2. The number of hydrogen-bond donors (Lipinski definition) is 2. The molecule has 3 N–H and O–H groups in total. The molecule has 12 heteroatoms. The van der Waals surface area contributed by atoms with E-state index >= 15 is 0 Å². The van der Waals surface area contributed by atoms with Crippen molar-refractivity contribution >= 4 is 21.6 Å². The smallest absolute Gasteiger partial charge is 0.356 e. The zero-order valence-corrected chi connectivity index (χ0v) is 18.6. The van der Waals surface area contributed by atoms with Crippen LogP contribution in [0.4, 0.5) is 23.4 Å². The highest BCUT2D eigenvalue weighted by Crippen LogP contribution is 2.31. The summed E-state index contributed by atoms with van der Waals surface area (Å²) in [5.41, 5.74) is 5.09. The van der Waals surface area contributed by atoms with Crippen LogP contribution in [0, 0.1) is 5.82 Å². The molecule has 2 heterocycles. The lowest BCUT2D eigenvalue weighted by Crippen LogP contribution is -2.28. The molecule has 0 spiro atoms. The monoisotopic (exact) mass is 488 g/mol. The van der Waals surface area contributed by atoms with Crippen molar-refractivity contribution in [3.63, 3.8) is 0 Å². The summed E-state index contributed by atoms with van der Waals surface area (Å²) in [5.74, 6) is -1.14. The molecule has 0 bridgehead atoms. The first-order valence-electron chi connectivity index (χ1n) is 10.2. The van der Waals surface area contributed by atoms with Crippen molar-refractivity contribution in [2.24, 2.45) is 5.73 Å². The van der Waals surface area contributed by atoms with Crippen LogP contribution in [0.2, 0.25) is 0 Å². The summed E-state index contributed by atoms with van der Waals surface area (Å²) in [5, 5.41) is 1.10. The summed E-state index contributed by atoms with van der Waals surface area (Å²) in [4.78, 5) is 17.9. The van der Waals surface area contributed by atoms with Crippen molar-refractivity contribution in [2.75, 3.05) is 24.2 Å². The van der Waals surface area contributed by atoms with Crippen LogP contribution in [0.25, 0.3) is 0 Å². The number of nitrogens with zero attached hydrogens (tertiary/aromatic N) is 2. The Morgan fingerprint density at radius 2 is 1.88 bits per heavy atom. The molecule has 1 aromatic carbocycles. The van der Waals surface area contributed by atoms with Gasteiger partial charge >= 0.3 is 6.18 Å². The summed E-state index contributed by atoms with van der Waals surface area (Å²) in [6.07, 6.45) is -2.21. The number of rotatable bonds is 7. The van der Waals surface area contributed by atoms with E-state index in [1.165, 1.54) is 18.2 Å². The molecule has 1 aromatic heterocycles. The van der Waals surface area contributed by atoms with Crippen LogP contribution in [0.15, 0.2) is 30.3 Å². The number of carbonyl (C=O) groups excluding carboxylic acids is 1. The van der Waals surface area contributed by atoms with Gasteiger partial charge in [0.05, 0.1) is 6.42 Å². The van der Waals surface area contributed by atoms with Gasteiger partial charge < -0.3 is 16.0 Å². The van der Waals surface area contributed by atoms with Gasteiger partial charge in [0.1, 0.15) is 22.7 Å². The van der Waals surface area contributed by atoms with Gasteiger partial charge in [0.25, 0.3) is 0 Å². The maximum Gasteiger partial charge on any atom is 0.433 e. The number of alkyl halides is 3. The van der Waals surface area contributed by atoms with Crippen LogP contribution in [0.5, 0.6) is 0 Å². The average Bonchev–Trinajstić information content (AvgIpc) is 3.25. The van der Waals surface area contributed by atoms with Crippen molar-refractivity contribution in [1.29, 1.82) is 0 Å². The van der Waals surface area contributed by atoms with Crippen molar-refractivity contribution in [3.05, 3.63) is 58.5 Å². The molecule has 0 saturated carbocycles. The molecule has 0 radical (unpaired) electrons. The highest BCUT2D eigenvalue weighted by molar-refractivity contribution is 7.90. The Hall–Kier alpha value is -2.73. The van der Waals surface area contributed by atoms with E-state index in [1.54, 1.807) is 4.90 Å². The highest BCUT2D eigenvalue weighted by Gasteiger charge is 2.34. The number of amides is 1. The molecule has 1 aliphatic heterocycles. The average molecular weight is 489 g/mol. The Morgan fingerprint density at radius 3 is 2.45 bits per heavy atom. The van der Waals surface area contributed by atoms with Gasteiger partial charge in [-0.05, 0) is 30.5 Å². The number of aromatic nitrogens is 1. The molecule has 33 heavy (non-hydrogen) atoms. The van der Waals surface area contributed by atoms with Crippen LogP contribution in [-0.2, 0) is 33.8 Å². The van der Waals surface area contributed by atoms with Gasteiger partial charge in [-0.25, -0.2) is 17.8 Å². The van der Waals surface area contributed by atoms with E-state index in [-0.39, 0.29) is 24.3 Å². The minimum absolute atomic E-state index is 0.0463. The Labute approximate surface area is 188 Å². The molecule has 1 saturated heterocycles. The molecule has 2 aromatic rings. The van der Waals surface area contributed by atoms with E-state index in [1.807, 2.05) is 0 Å². The molecule has 3 rings (SSSR count). The Kier molecular flexibility index (Phi) is 7.27. The Morgan fingerprint density at radius 1 is 1.21 bits per heavy atom. The van der Waals surface area contributed by atoms with Gasteiger partial charge in [-0.15, -0.1) is 0 Å². The molecule has 1 aliphatic rings. The number of anilines is 1. The summed E-state index contributed by atoms with van der Waals surface area (Å²) >= 11 is 0. The van der Waals surface area contributed by atoms with E-state index in [0.29, 0.717) is 24.2 Å². The van der Waals surface area contributed by atoms with Gasteiger partial charge in [-0.2, -0.15) is 13.2 Å². The van der Waals surface area contributed by atoms with Gasteiger partial charge in [0.2, 0.25) is 5.91 Å². The molecule has 1 fully saturated rings. The van der Waals surface area contributed by atoms with E-state index in [4.69, 9.17) is 5.73 Å². The maximum absolute atomic E-state index is 14.3. The molecule has 0 aliphatic carbocycles. The predicted molar refractivity (Wildman–Crippen MR) is 114 cm³/mol. The predicted octanol–water partition coefficient (Wildman–Crippen LogP) is 2.70. The second-order valence-electron chi connectivity index (χ2n) is 7.93. The summed E-state index contributed by atoms with van der Waals surface area (Å²) in [6, 6.07) is 5.83. The number of pyridine rings is 1. The van der Waals surface area contributed by atoms with Gasteiger partial charge in [0, 0.05) is 37.0 Å². The van der Waals surface area contributed by atoms with Gasteiger partial charge in [-0.1, -0.05) is 18.2 Å². The number of sulfone groups is 1. The van der Waals surface area contributed by atoms with Crippen LogP contribution >= 0.6 is 0 Å². The number of halogens is 4. The van der Waals surface area contributed by atoms with Gasteiger partial charge in [-0.3, -0.25) is 4.79 Å². The lowest BCUT2D eigenvalue weighted by atomic mass is 10.1. The van der Waals surface area contributed by atoms with Crippen LogP contribution in [0.1, 0.15) is 40.6 Å². The molecule has 7 nitrogen and oxygen atoms in total. The standard InChI is InChI=1S/C21H24F4N4O3S/c1-33(31,32)19(26)15-6-4-13(10-16(15)22)11-18(30)27-12-14-5-7-17(21(23,24)25)28-20(14)29-8-2-3-9-29/h4-7,10,19H,2-3,8-9,11-12,26H2,1H3,(H,27,30). The fourth-order valence-electron chi connectivity index (χ4n) is 3.56. The molecular formula is C21H24F4N4O3S. The fourth-order valence-corrected chi connectivity index (χ4v) is 4.21.